The molecule has 2 heteroatoms. The summed E-state index contributed by atoms with van der Waals surface area (Å²) in [5, 5.41) is 3.76. The Balaban J connectivity index is 1.58. The highest BCUT2D eigenvalue weighted by Crippen LogP contribution is 2.50. The minimum absolute atomic E-state index is 0.00779. The Bertz CT molecular complexity index is 2090. The molecular weight excluding hydrogens is 641 g/mol. The van der Waals surface area contributed by atoms with Crippen LogP contribution >= 0.6 is 0 Å². The summed E-state index contributed by atoms with van der Waals surface area (Å²) in [5.41, 5.74) is 16.7. The molecule has 0 amide bonds. The second-order valence-electron chi connectivity index (χ2n) is 20.2. The average Bonchev–Trinajstić information content (AvgIpc) is 3.06. The molecule has 1 aliphatic rings. The number of nitrogens with zero attached hydrogens (tertiary/aromatic N) is 1. The fraction of sp³-hybridized carbons (Fsp3) is 0.412. The Hall–Kier alpha value is -4.30. The summed E-state index contributed by atoms with van der Waals surface area (Å²) in [7, 11) is 0. The third-order valence-corrected chi connectivity index (χ3v) is 11.6. The van der Waals surface area contributed by atoms with Gasteiger partial charge < -0.3 is 10.2 Å². The Morgan fingerprint density at radius 3 is 1.58 bits per heavy atom. The zero-order valence-corrected chi connectivity index (χ0v) is 35.2. The minimum atomic E-state index is 0.00779. The maximum atomic E-state index is 3.76. The minimum Gasteiger partial charge on any atom is -0.355 e. The van der Waals surface area contributed by atoms with Crippen LogP contribution in [0.15, 0.2) is 103 Å². The third-order valence-electron chi connectivity index (χ3n) is 11.6. The Morgan fingerprint density at radius 2 is 1.02 bits per heavy atom. The van der Waals surface area contributed by atoms with E-state index in [2.05, 4.69) is 210 Å². The highest BCUT2D eigenvalue weighted by Gasteiger charge is 2.37. The second-order valence-corrected chi connectivity index (χ2v) is 20.2. The van der Waals surface area contributed by atoms with Gasteiger partial charge in [-0.05, 0) is 140 Å². The fourth-order valence-electron chi connectivity index (χ4n) is 7.91. The highest BCUT2D eigenvalue weighted by molar-refractivity contribution is 5.90. The molecule has 2 nitrogen and oxygen atoms in total. The number of rotatable bonds is 6. The van der Waals surface area contributed by atoms with Gasteiger partial charge in [-0.25, -0.2) is 0 Å². The molecule has 0 radical (unpaired) electrons. The number of anilines is 5. The summed E-state index contributed by atoms with van der Waals surface area (Å²) in [4.78, 5) is 2.51. The number of hydrogen-bond acceptors (Lipinski definition) is 2. The zero-order valence-electron chi connectivity index (χ0n) is 35.2. The molecule has 0 bridgehead atoms. The average molecular weight is 705 g/mol. The molecule has 53 heavy (non-hydrogen) atoms. The molecule has 0 saturated carbocycles. The molecule has 5 aromatic carbocycles. The zero-order chi connectivity index (χ0) is 38.7. The van der Waals surface area contributed by atoms with E-state index in [4.69, 9.17) is 0 Å². The molecule has 0 aliphatic heterocycles. The molecule has 1 aliphatic carbocycles. The van der Waals surface area contributed by atoms with Gasteiger partial charge in [-0.3, -0.25) is 0 Å². The topological polar surface area (TPSA) is 15.3 Å². The van der Waals surface area contributed by atoms with Crippen LogP contribution in [0.5, 0.6) is 0 Å². The predicted octanol–water partition coefficient (Wildman–Crippen LogP) is 15.1. The van der Waals surface area contributed by atoms with Crippen molar-refractivity contribution in [3.8, 4) is 11.1 Å². The van der Waals surface area contributed by atoms with E-state index in [9.17, 15) is 0 Å². The fourth-order valence-corrected chi connectivity index (χ4v) is 7.91. The smallest absolute Gasteiger partial charge is 0.0540 e. The van der Waals surface area contributed by atoms with Gasteiger partial charge in [0.2, 0.25) is 0 Å². The maximum Gasteiger partial charge on any atom is 0.0540 e. The van der Waals surface area contributed by atoms with E-state index in [1.54, 1.807) is 0 Å². The van der Waals surface area contributed by atoms with E-state index in [1.165, 1.54) is 68.7 Å². The Kier molecular flexibility index (Phi) is 9.81. The number of fused-ring (bicyclic) bond motifs is 1. The van der Waals surface area contributed by atoms with Crippen molar-refractivity contribution in [1.29, 1.82) is 0 Å². The van der Waals surface area contributed by atoms with Gasteiger partial charge in [0.1, 0.15) is 0 Å². The van der Waals surface area contributed by atoms with Crippen LogP contribution in [0.2, 0.25) is 0 Å². The van der Waals surface area contributed by atoms with E-state index in [0.717, 1.165) is 17.1 Å². The number of nitrogens with one attached hydrogen (secondary N) is 1. The monoisotopic (exact) mass is 705 g/mol. The van der Waals surface area contributed by atoms with E-state index < -0.39 is 0 Å². The van der Waals surface area contributed by atoms with Crippen molar-refractivity contribution in [2.75, 3.05) is 10.2 Å². The lowest BCUT2D eigenvalue weighted by molar-refractivity contribution is 0.332. The van der Waals surface area contributed by atoms with E-state index in [1.807, 2.05) is 0 Å². The van der Waals surface area contributed by atoms with Crippen molar-refractivity contribution < 1.29 is 0 Å². The van der Waals surface area contributed by atoms with Crippen LogP contribution in [-0.2, 0) is 27.1 Å². The lowest BCUT2D eigenvalue weighted by Crippen LogP contribution is -2.34. The van der Waals surface area contributed by atoms with Crippen LogP contribution in [0.3, 0.4) is 0 Å². The van der Waals surface area contributed by atoms with Crippen LogP contribution < -0.4 is 10.2 Å². The molecule has 0 saturated heterocycles. The molecule has 0 aromatic heterocycles. The first kappa shape index (κ1) is 38.4. The summed E-state index contributed by atoms with van der Waals surface area (Å²) < 4.78 is 0. The SMILES string of the molecule is Cc1cc(Nc2ccc(C(C)(C)C)cc2)cc(N(c2ccc3c(c2)C(C)(C)CCC3(C)C)c2ccc(C(C)(C)C)cc2-c2ccc(C(C)(C)C)cc2)c1. The van der Waals surface area contributed by atoms with Crippen LogP contribution in [0.1, 0.15) is 136 Å². The summed E-state index contributed by atoms with van der Waals surface area (Å²) in [5.74, 6) is 0. The number of hydrogen-bond donors (Lipinski definition) is 1. The summed E-state index contributed by atoms with van der Waals surface area (Å²) in [6, 6.07) is 39.5. The second kappa shape index (κ2) is 13.5. The van der Waals surface area contributed by atoms with Crippen LogP contribution in [0.4, 0.5) is 28.4 Å². The predicted molar refractivity (Wildman–Crippen MR) is 232 cm³/mol. The molecule has 0 spiro atoms. The van der Waals surface area contributed by atoms with Crippen LogP contribution in [0, 0.1) is 6.92 Å². The first-order chi connectivity index (χ1) is 24.5. The van der Waals surface area contributed by atoms with Gasteiger partial charge in [0.05, 0.1) is 5.69 Å². The van der Waals surface area contributed by atoms with Crippen molar-refractivity contribution in [3.63, 3.8) is 0 Å². The van der Waals surface area contributed by atoms with Crippen LogP contribution in [0.25, 0.3) is 11.1 Å². The summed E-state index contributed by atoms with van der Waals surface area (Å²) >= 11 is 0. The molecule has 0 unspecified atom stereocenters. The highest BCUT2D eigenvalue weighted by atomic mass is 15.1. The number of benzene rings is 5. The molecule has 278 valence electrons. The molecule has 6 rings (SSSR count). The van der Waals surface area contributed by atoms with Crippen molar-refractivity contribution in [1.82, 2.24) is 0 Å². The van der Waals surface area contributed by atoms with Crippen LogP contribution in [-0.4, -0.2) is 0 Å². The summed E-state index contributed by atoms with van der Waals surface area (Å²) in [6.45, 7) is 32.5. The first-order valence-electron chi connectivity index (χ1n) is 19.7. The molecule has 1 N–H and O–H groups in total. The molecular formula is C51H64N2. The van der Waals surface area contributed by atoms with Gasteiger partial charge in [0.25, 0.3) is 0 Å². The van der Waals surface area contributed by atoms with Gasteiger partial charge in [-0.15, -0.1) is 0 Å². The molecule has 0 heterocycles. The molecule has 0 fully saturated rings. The quantitative estimate of drug-likeness (QED) is 0.189. The van der Waals surface area contributed by atoms with Gasteiger partial charge in [-0.2, -0.15) is 0 Å². The molecule has 0 atom stereocenters. The van der Waals surface area contributed by atoms with Crippen molar-refractivity contribution in [3.05, 3.63) is 137 Å². The van der Waals surface area contributed by atoms with Crippen molar-refractivity contribution in [2.45, 2.75) is 137 Å². The Labute approximate surface area is 322 Å². The van der Waals surface area contributed by atoms with Gasteiger partial charge in [0.15, 0.2) is 0 Å². The summed E-state index contributed by atoms with van der Waals surface area (Å²) in [6.07, 6.45) is 2.37. The van der Waals surface area contributed by atoms with E-state index in [-0.39, 0.29) is 27.1 Å². The van der Waals surface area contributed by atoms with Gasteiger partial charge >= 0.3 is 0 Å². The van der Waals surface area contributed by atoms with Crippen molar-refractivity contribution >= 4 is 28.4 Å². The normalized spacial score (nSPS) is 15.5. The largest absolute Gasteiger partial charge is 0.355 e. The lowest BCUT2D eigenvalue weighted by Gasteiger charge is -2.42. The van der Waals surface area contributed by atoms with E-state index >= 15 is 0 Å². The lowest BCUT2D eigenvalue weighted by atomic mass is 9.63. The number of aryl methyl sites for hydroxylation is 1. The molecule has 5 aromatic rings. The van der Waals surface area contributed by atoms with E-state index in [0.29, 0.717) is 0 Å². The van der Waals surface area contributed by atoms with Gasteiger partial charge in [-0.1, -0.05) is 139 Å². The first-order valence-corrected chi connectivity index (χ1v) is 19.7. The maximum absolute atomic E-state index is 3.76. The van der Waals surface area contributed by atoms with Gasteiger partial charge in [0, 0.05) is 28.3 Å². The standard InChI is InChI=1S/C51H64N2/c1-34-29-40(52-39-22-19-37(20-23-39)48(5,6)7)32-42(30-34)53(41-24-25-44-45(33-41)51(13,14)28-27-50(44,11)12)46-26-21-38(49(8,9)10)31-43(46)35-15-17-36(18-16-35)47(2,3)4/h15-26,29-33,52H,27-28H2,1-14H3. The van der Waals surface area contributed by atoms with Crippen molar-refractivity contribution in [2.24, 2.45) is 0 Å². The Morgan fingerprint density at radius 1 is 0.491 bits per heavy atom. The third kappa shape index (κ3) is 8.13.